The number of likely N-dealkylation sites (N-methyl/N-ethyl adjacent to an activating group) is 2. The van der Waals surface area contributed by atoms with Crippen molar-refractivity contribution in [2.45, 2.75) is 207 Å². The SMILES string of the molecule is CNCCOc1ccc(CC(=O)NC(=O)C[C@@H]2NC(=O)[C@H](NC(=O)[C@@H](CC(C)C)NC)[C@H](O)c3ccc(c(Cl)c3)Oc3cc4cc(c3O[C@@H]3O[C@H](CO)[C@@H](O)[C@H](O)[C@H]3O[C@H]3C[C@](C)(N)[C@H](O)[C@H](C)O3)Oc3ccc(cc3)[C@@H](O)[C@@H]3NC(=O)[C@H](NC(=O)[C@@H]4NC2=O)c2ccc4c(c2)-c2c(cc(O)cc2C4(O)O)[C@@H](C(=O)NC2C4CC5CC(C4)CC2C5)NC3=O)cc1. The predicted octanol–water partition coefficient (Wildman–Crippen LogP) is 1.40. The first-order valence-electron chi connectivity index (χ1n) is 41.9. The van der Waals surface area contributed by atoms with Gasteiger partial charge in [-0.15, -0.1) is 0 Å². The molecule has 7 aliphatic heterocycles. The van der Waals surface area contributed by atoms with Gasteiger partial charge in [0, 0.05) is 35.7 Å². The summed E-state index contributed by atoms with van der Waals surface area (Å²) in [4.78, 5) is 139. The molecule has 37 heteroatoms. The zero-order valence-corrected chi connectivity index (χ0v) is 69.9. The second kappa shape index (κ2) is 36.4. The number of halogens is 1. The third-order valence-electron chi connectivity index (χ3n) is 25.2. The number of carbonyl (C=O) groups is 9. The average Bonchev–Trinajstić information content (AvgIpc) is 1.57. The van der Waals surface area contributed by atoms with Crippen molar-refractivity contribution in [3.05, 3.63) is 159 Å². The topological polar surface area (TPSA) is 547 Å². The van der Waals surface area contributed by atoms with Gasteiger partial charge in [0.25, 0.3) is 0 Å². The number of rotatable bonds is 20. The van der Waals surface area contributed by atoms with E-state index in [1.165, 1.54) is 81.6 Å². The fourth-order valence-corrected chi connectivity index (χ4v) is 19.3. The van der Waals surface area contributed by atoms with Gasteiger partial charge in [0.2, 0.25) is 71.0 Å². The lowest BCUT2D eigenvalue weighted by Crippen LogP contribution is -2.64. The summed E-state index contributed by atoms with van der Waals surface area (Å²) in [6, 6.07) is 9.01. The molecule has 0 aromatic heterocycles. The van der Waals surface area contributed by atoms with Crippen LogP contribution in [0.25, 0.3) is 11.1 Å². The zero-order chi connectivity index (χ0) is 89.1. The van der Waals surface area contributed by atoms with E-state index in [2.05, 4.69) is 53.2 Å². The van der Waals surface area contributed by atoms with E-state index in [0.717, 1.165) is 56.4 Å². The second-order valence-corrected chi connectivity index (χ2v) is 35.1. The molecule has 9 amide bonds. The van der Waals surface area contributed by atoms with E-state index >= 15 is 28.8 Å². The molecular weight excluding hydrogens is 1650 g/mol. The average molecular weight is 1750 g/mol. The van der Waals surface area contributed by atoms with Crippen molar-refractivity contribution >= 4 is 64.8 Å². The summed E-state index contributed by atoms with van der Waals surface area (Å²) < 4.78 is 44.9. The maximum Gasteiger partial charge on any atom is 0.248 e. The molecule has 7 heterocycles. The number of carbonyl (C=O) groups excluding carboxylic acids is 9. The van der Waals surface area contributed by atoms with Gasteiger partial charge in [-0.2, -0.15) is 0 Å². The quantitative estimate of drug-likeness (QED) is 0.0379. The Hall–Kier alpha value is -10.5. The Morgan fingerprint density at radius 1 is 0.680 bits per heavy atom. The molecule has 12 aliphatic rings. The largest absolute Gasteiger partial charge is 0.508 e. The van der Waals surface area contributed by atoms with Crippen molar-refractivity contribution in [3.8, 4) is 51.4 Å². The van der Waals surface area contributed by atoms with Crippen molar-refractivity contribution in [1.82, 2.24) is 53.2 Å². The third-order valence-corrected chi connectivity index (χ3v) is 25.5. The van der Waals surface area contributed by atoms with Crippen LogP contribution in [0.2, 0.25) is 5.02 Å². The molecular formula is C88H104ClN11O25. The maximum absolute atomic E-state index is 16.7. The molecule has 6 fully saturated rings. The number of imide groups is 1. The zero-order valence-electron chi connectivity index (χ0n) is 69.2. The second-order valence-electron chi connectivity index (χ2n) is 34.7. The number of ether oxygens (including phenoxy) is 7. The van der Waals surface area contributed by atoms with Crippen LogP contribution >= 0.6 is 11.6 Å². The standard InChI is InChI=1S/C88H104ClN11O25/c1-37(2)21-56(92-6)79(110)99-71-73(106)44-12-18-58(55(89)29-44)122-60-31-47-30-59(76(60)125-86-77(75(108)74(107)61(36-101)123-86)124-64-35-87(4,90)78(109)38(3)120-64)121-50-15-9-42(10-16-50)72(105)70-85(116)98-69(83(114)95-66-45-23-40-22-41(25-45)26-46(66)24-40)52-32-48(102)33-54-65(52)51-28-43(11-17-53(51)88(54,117)118)67(81(112)100-70)97-82(113)68(47)96-80(111)57(93-84(71)115)34-63(104)94-62(103)27-39-7-13-49(14-8-39)119-20-19-91-5/h7-18,28-33,37-38,40-41,45-46,56-57,61,64,66-75,77-78,86,91-92,101-102,105-109,117-118H,19-27,34-36,90H2,1-6H3,(H,93,115)(H,95,114)(H,96,111)(H,97,113)(H,98,116)(H,99,110)(H,100,112)(H,94,103,104)/t38-,40?,41?,45?,46?,56+,57-,61+,64-,66?,67+,68+,69-,70-,71+,72+,73+,74+,75-,77+,78+,86-,87-/m0/s1. The number of fused-ring (bicyclic) bond motifs is 12. The van der Waals surface area contributed by atoms with Crippen molar-refractivity contribution in [2.75, 3.05) is 33.9 Å². The van der Waals surface area contributed by atoms with E-state index < -0.39 is 216 Å². The van der Waals surface area contributed by atoms with Gasteiger partial charge < -0.3 is 133 Å². The van der Waals surface area contributed by atoms with Crippen molar-refractivity contribution < 1.29 is 122 Å². The lowest BCUT2D eigenvalue weighted by Gasteiger charge is -2.54. The number of phenolic OH excluding ortho intramolecular Hbond substituents is 1. The van der Waals surface area contributed by atoms with Gasteiger partial charge in [-0.05, 0) is 207 Å². The van der Waals surface area contributed by atoms with Crippen molar-refractivity contribution in [3.63, 3.8) is 0 Å². The van der Waals surface area contributed by atoms with E-state index in [4.69, 9.17) is 50.5 Å². The molecule has 18 atom stereocenters. The van der Waals surface area contributed by atoms with E-state index in [9.17, 15) is 60.3 Å². The van der Waals surface area contributed by atoms with Crippen LogP contribution in [-0.2, 0) is 69.6 Å². The maximum atomic E-state index is 16.7. The fraction of sp³-hybridized carbons (Fsp3) is 0.489. The molecule has 6 aromatic carbocycles. The van der Waals surface area contributed by atoms with Crippen LogP contribution in [0.1, 0.15) is 154 Å². The molecule has 0 radical (unpaired) electrons. The number of aliphatic hydroxyl groups excluding tert-OH is 6. The first-order valence-corrected chi connectivity index (χ1v) is 42.2. The number of aliphatic hydroxyl groups is 8. The molecule has 15 bridgehead atoms. The molecule has 21 N–H and O–H groups in total. The van der Waals surface area contributed by atoms with Crippen molar-refractivity contribution in [1.29, 1.82) is 0 Å². The van der Waals surface area contributed by atoms with Crippen LogP contribution in [0.4, 0.5) is 0 Å². The number of benzene rings is 6. The van der Waals surface area contributed by atoms with Crippen LogP contribution in [0.3, 0.4) is 0 Å². The number of amides is 9. The van der Waals surface area contributed by atoms with Crippen LogP contribution in [0, 0.1) is 29.6 Å². The normalized spacial score (nSPS) is 31.0. The Labute approximate surface area is 722 Å². The highest BCUT2D eigenvalue weighted by atomic mass is 35.5. The number of hydrogen-bond donors (Lipinski definition) is 20. The monoisotopic (exact) mass is 1750 g/mol. The number of phenols is 1. The van der Waals surface area contributed by atoms with E-state index in [-0.39, 0.29) is 97.7 Å². The number of nitrogens with one attached hydrogen (secondary N) is 10. The molecule has 6 aromatic rings. The minimum Gasteiger partial charge on any atom is -0.508 e. The lowest BCUT2D eigenvalue weighted by atomic mass is 9.54. The van der Waals surface area contributed by atoms with E-state index in [1.807, 2.05) is 13.8 Å². The van der Waals surface area contributed by atoms with Gasteiger partial charge in [-0.3, -0.25) is 48.5 Å². The Morgan fingerprint density at radius 3 is 2.01 bits per heavy atom. The molecule has 0 spiro atoms. The first-order chi connectivity index (χ1) is 59.5. The summed E-state index contributed by atoms with van der Waals surface area (Å²) >= 11 is 7.23. The molecule has 668 valence electrons. The van der Waals surface area contributed by atoms with Crippen LogP contribution < -0.4 is 77.8 Å². The number of hydrogen-bond acceptors (Lipinski definition) is 28. The molecule has 125 heavy (non-hydrogen) atoms. The molecule has 0 unspecified atom stereocenters. The summed E-state index contributed by atoms with van der Waals surface area (Å²) in [5, 5.41) is 134. The van der Waals surface area contributed by atoms with Gasteiger partial charge >= 0.3 is 0 Å². The van der Waals surface area contributed by atoms with Crippen LogP contribution in [-0.4, -0.2) is 218 Å². The predicted molar refractivity (Wildman–Crippen MR) is 441 cm³/mol. The molecule has 36 nitrogen and oxygen atoms in total. The Kier molecular flexibility index (Phi) is 26.0. The van der Waals surface area contributed by atoms with Gasteiger partial charge in [-0.1, -0.05) is 67.9 Å². The van der Waals surface area contributed by atoms with Gasteiger partial charge in [0.1, 0.15) is 96.4 Å². The minimum atomic E-state index is -2.98. The Balaban J connectivity index is 0.906. The third kappa shape index (κ3) is 18.6. The highest BCUT2D eigenvalue weighted by Gasteiger charge is 2.54. The van der Waals surface area contributed by atoms with Gasteiger partial charge in [-0.25, -0.2) is 0 Å². The lowest BCUT2D eigenvalue weighted by molar-refractivity contribution is -0.333. The highest BCUT2D eigenvalue weighted by molar-refractivity contribution is 6.32. The highest BCUT2D eigenvalue weighted by Crippen LogP contribution is 2.56. The fourth-order valence-electron chi connectivity index (χ4n) is 19.0. The summed E-state index contributed by atoms with van der Waals surface area (Å²) in [6.45, 7) is 6.58. The van der Waals surface area contributed by atoms with Crippen LogP contribution in [0.5, 0.6) is 40.2 Å². The van der Waals surface area contributed by atoms with Crippen molar-refractivity contribution in [2.24, 2.45) is 35.3 Å². The summed E-state index contributed by atoms with van der Waals surface area (Å²) in [7, 11) is 3.24. The molecule has 18 rings (SSSR count). The van der Waals surface area contributed by atoms with Crippen LogP contribution in [0.15, 0.2) is 109 Å². The Morgan fingerprint density at radius 2 is 1.34 bits per heavy atom. The number of nitrogens with two attached hydrogens (primary N) is 1. The Bertz CT molecular complexity index is 5110. The minimum absolute atomic E-state index is 0.0806. The summed E-state index contributed by atoms with van der Waals surface area (Å²) in [5.74, 6) is -14.8. The molecule has 5 aliphatic carbocycles. The van der Waals surface area contributed by atoms with Gasteiger partial charge in [0.15, 0.2) is 23.9 Å². The smallest absolute Gasteiger partial charge is 0.248 e. The summed E-state index contributed by atoms with van der Waals surface area (Å²) in [5.41, 5.74) is 3.69. The van der Waals surface area contributed by atoms with Gasteiger partial charge in [0.05, 0.1) is 42.7 Å². The number of aromatic hydroxyl groups is 1. The van der Waals surface area contributed by atoms with E-state index in [1.54, 1.807) is 31.3 Å². The molecule has 2 saturated heterocycles. The van der Waals surface area contributed by atoms with E-state index in [0.29, 0.717) is 36.3 Å². The first kappa shape index (κ1) is 89.3. The summed E-state index contributed by atoms with van der Waals surface area (Å²) in [6.07, 6.45) is -14.5. The molecule has 4 saturated carbocycles.